The van der Waals surface area contributed by atoms with Gasteiger partial charge in [0.1, 0.15) is 22.8 Å². The number of carbonyl (C=O) groups excluding carboxylic acids is 1. The second kappa shape index (κ2) is 12.5. The zero-order chi connectivity index (χ0) is 27.2. The number of nitrogens with zero attached hydrogens (tertiary/aromatic N) is 4. The molecule has 1 aliphatic rings. The molecule has 39 heavy (non-hydrogen) atoms. The number of aromatic nitrogens is 2. The van der Waals surface area contributed by atoms with Gasteiger partial charge in [0.25, 0.3) is 0 Å². The molecule has 0 spiro atoms. The minimum atomic E-state index is -0.261. The summed E-state index contributed by atoms with van der Waals surface area (Å²) in [6.07, 6.45) is 5.91. The fourth-order valence-electron chi connectivity index (χ4n) is 4.64. The molecule has 7 nitrogen and oxygen atoms in total. The van der Waals surface area contributed by atoms with Crippen LogP contribution in [0.15, 0.2) is 73.1 Å². The van der Waals surface area contributed by atoms with Gasteiger partial charge in [-0.15, -0.1) is 11.3 Å². The van der Waals surface area contributed by atoms with Gasteiger partial charge in [0, 0.05) is 24.0 Å². The van der Waals surface area contributed by atoms with Crippen molar-refractivity contribution in [2.24, 2.45) is 0 Å². The highest BCUT2D eigenvalue weighted by molar-refractivity contribution is 7.19. The van der Waals surface area contributed by atoms with Crippen LogP contribution in [0.3, 0.4) is 0 Å². The van der Waals surface area contributed by atoms with Crippen LogP contribution < -0.4 is 5.32 Å². The first kappa shape index (κ1) is 26.9. The maximum Gasteiger partial charge on any atom is 0.246 e. The molecule has 1 amide bonds. The van der Waals surface area contributed by atoms with E-state index in [1.807, 2.05) is 48.2 Å². The number of nitrogens with one attached hydrogen (secondary N) is 1. The smallest absolute Gasteiger partial charge is 0.246 e. The Hall–Kier alpha value is -3.66. The van der Waals surface area contributed by atoms with Crippen molar-refractivity contribution in [3.8, 4) is 0 Å². The predicted molar refractivity (Wildman–Crippen MR) is 153 cm³/mol. The molecule has 1 N–H and O–H groups in total. The maximum absolute atomic E-state index is 13.3. The second-order valence-corrected chi connectivity index (χ2v) is 10.9. The van der Waals surface area contributed by atoms with Crippen LogP contribution >= 0.6 is 11.3 Å². The number of likely N-dealkylation sites (N-methyl/N-ethyl adjacent to an activating group) is 1. The van der Waals surface area contributed by atoms with Gasteiger partial charge in [-0.1, -0.05) is 48.5 Å². The Kier molecular flexibility index (Phi) is 8.61. The lowest BCUT2D eigenvalue weighted by Crippen LogP contribution is -2.34. The molecule has 0 aliphatic carbocycles. The van der Waals surface area contributed by atoms with Gasteiger partial charge in [-0.25, -0.2) is 14.4 Å². The highest BCUT2D eigenvalue weighted by atomic mass is 32.1. The summed E-state index contributed by atoms with van der Waals surface area (Å²) in [7, 11) is 3.96. The third-order valence-corrected chi connectivity index (χ3v) is 7.78. The van der Waals surface area contributed by atoms with E-state index in [1.54, 1.807) is 35.9 Å². The molecule has 2 aromatic carbocycles. The van der Waals surface area contributed by atoms with Crippen molar-refractivity contribution in [1.29, 1.82) is 0 Å². The lowest BCUT2D eigenvalue weighted by atomic mass is 10.0. The Balaban J connectivity index is 1.35. The summed E-state index contributed by atoms with van der Waals surface area (Å²) >= 11 is 1.62. The number of halogens is 1. The van der Waals surface area contributed by atoms with Gasteiger partial charge in [-0.05, 0) is 49.3 Å². The van der Waals surface area contributed by atoms with Crippen molar-refractivity contribution in [3.63, 3.8) is 0 Å². The molecule has 0 fully saturated rings. The fourth-order valence-corrected chi connectivity index (χ4v) is 5.84. The second-order valence-electron chi connectivity index (χ2n) is 9.83. The van der Waals surface area contributed by atoms with Crippen LogP contribution in [0.4, 0.5) is 10.2 Å². The summed E-state index contributed by atoms with van der Waals surface area (Å²) in [6, 6.07) is 16.3. The van der Waals surface area contributed by atoms with Gasteiger partial charge in [0.05, 0.1) is 31.2 Å². The first-order chi connectivity index (χ1) is 19.0. The molecule has 1 aliphatic heterocycles. The van der Waals surface area contributed by atoms with Gasteiger partial charge in [-0.2, -0.15) is 0 Å². The van der Waals surface area contributed by atoms with Gasteiger partial charge in [-0.3, -0.25) is 4.79 Å². The highest BCUT2D eigenvalue weighted by Gasteiger charge is 2.26. The fraction of sp³-hybridized carbons (Fsp3) is 0.300. The number of thiophene rings is 1. The Morgan fingerprint density at radius 3 is 2.74 bits per heavy atom. The monoisotopic (exact) mass is 545 g/mol. The summed E-state index contributed by atoms with van der Waals surface area (Å²) in [5.74, 6) is 0.539. The van der Waals surface area contributed by atoms with Gasteiger partial charge >= 0.3 is 0 Å². The van der Waals surface area contributed by atoms with Gasteiger partial charge < -0.3 is 19.9 Å². The molecule has 2 aromatic heterocycles. The summed E-state index contributed by atoms with van der Waals surface area (Å²) < 4.78 is 19.3. The average Bonchev–Trinajstić information content (AvgIpc) is 3.32. The largest absolute Gasteiger partial charge is 0.374 e. The van der Waals surface area contributed by atoms with Crippen LogP contribution in [0.25, 0.3) is 10.2 Å². The van der Waals surface area contributed by atoms with Crippen LogP contribution in [0.2, 0.25) is 0 Å². The lowest BCUT2D eigenvalue weighted by Gasteiger charge is -2.26. The van der Waals surface area contributed by atoms with Crippen LogP contribution in [0.1, 0.15) is 27.6 Å². The summed E-state index contributed by atoms with van der Waals surface area (Å²) in [6.45, 7) is 2.74. The Labute approximate surface area is 232 Å². The number of hydrogen-bond acceptors (Lipinski definition) is 7. The molecule has 0 saturated carbocycles. The predicted octanol–water partition coefficient (Wildman–Crippen LogP) is 5.20. The topological polar surface area (TPSA) is 70.6 Å². The highest BCUT2D eigenvalue weighted by Crippen LogP contribution is 2.38. The Morgan fingerprint density at radius 2 is 1.97 bits per heavy atom. The van der Waals surface area contributed by atoms with E-state index < -0.39 is 0 Å². The molecular weight excluding hydrogens is 513 g/mol. The van der Waals surface area contributed by atoms with E-state index in [2.05, 4.69) is 27.4 Å². The zero-order valence-corrected chi connectivity index (χ0v) is 23.0. The van der Waals surface area contributed by atoms with Crippen molar-refractivity contribution in [3.05, 3.63) is 100 Å². The quantitative estimate of drug-likeness (QED) is 0.276. The van der Waals surface area contributed by atoms with Crippen LogP contribution in [0.5, 0.6) is 0 Å². The summed E-state index contributed by atoms with van der Waals surface area (Å²) in [5.41, 5.74) is 3.20. The molecule has 0 radical (unpaired) electrons. The van der Waals surface area contributed by atoms with Crippen LogP contribution in [0, 0.1) is 5.82 Å². The van der Waals surface area contributed by atoms with E-state index in [0.29, 0.717) is 26.3 Å². The maximum atomic E-state index is 13.3. The lowest BCUT2D eigenvalue weighted by molar-refractivity contribution is -0.126. The number of hydrogen-bond donors (Lipinski definition) is 1. The van der Waals surface area contributed by atoms with E-state index >= 15 is 0 Å². The standard InChI is InChI=1S/C30H32FN5O2S/c1-35(2)15-6-9-27(37)36-16-14-24-26(17-36)39-30-28(24)29(32-20-33-30)34-25(22-7-4-3-5-8-22)19-38-18-21-10-12-23(31)13-11-21/h3-13,20,25H,14-19H2,1-2H3,(H,32,33,34). The van der Waals surface area contributed by atoms with E-state index in [1.165, 1.54) is 17.7 Å². The number of anilines is 1. The molecule has 202 valence electrons. The molecule has 5 rings (SSSR count). The molecule has 1 atom stereocenters. The first-order valence-corrected chi connectivity index (χ1v) is 13.8. The van der Waals surface area contributed by atoms with Crippen LogP contribution in [-0.4, -0.2) is 59.5 Å². The number of fused-ring (bicyclic) bond motifs is 3. The van der Waals surface area contributed by atoms with Crippen LogP contribution in [-0.2, 0) is 29.1 Å². The molecule has 0 bridgehead atoms. The van der Waals surface area contributed by atoms with Gasteiger partial charge in [0.15, 0.2) is 0 Å². The van der Waals surface area contributed by atoms with E-state index in [4.69, 9.17) is 4.74 Å². The first-order valence-electron chi connectivity index (χ1n) is 13.0. The van der Waals surface area contributed by atoms with Gasteiger partial charge in [0.2, 0.25) is 5.91 Å². The van der Waals surface area contributed by atoms with Crippen molar-refractivity contribution >= 4 is 33.3 Å². The summed E-state index contributed by atoms with van der Waals surface area (Å²) in [5, 5.41) is 4.64. The normalized spacial score (nSPS) is 14.2. The molecular formula is C30H32FN5O2S. The molecule has 1 unspecified atom stereocenters. The third-order valence-electron chi connectivity index (χ3n) is 6.66. The van der Waals surface area contributed by atoms with Crippen molar-refractivity contribution in [2.45, 2.75) is 25.6 Å². The number of rotatable bonds is 10. The minimum absolute atomic E-state index is 0.0341. The molecule has 9 heteroatoms. The number of ether oxygens (including phenoxy) is 1. The van der Waals surface area contributed by atoms with E-state index in [0.717, 1.165) is 45.0 Å². The average molecular weight is 546 g/mol. The SMILES string of the molecule is CN(C)CC=CC(=O)N1CCc2c(sc3ncnc(NC(COCc4ccc(F)cc4)c4ccccc4)c23)C1. The van der Waals surface area contributed by atoms with Crippen molar-refractivity contribution in [2.75, 3.05) is 39.1 Å². The third kappa shape index (κ3) is 6.68. The van der Waals surface area contributed by atoms with Crippen molar-refractivity contribution in [1.82, 2.24) is 19.8 Å². The molecule has 3 heterocycles. The van der Waals surface area contributed by atoms with E-state index in [-0.39, 0.29) is 17.8 Å². The zero-order valence-electron chi connectivity index (χ0n) is 22.1. The summed E-state index contributed by atoms with van der Waals surface area (Å²) in [4.78, 5) is 27.9. The number of amides is 1. The Morgan fingerprint density at radius 1 is 1.18 bits per heavy atom. The minimum Gasteiger partial charge on any atom is -0.374 e. The molecule has 0 saturated heterocycles. The molecule has 4 aromatic rings. The Bertz CT molecular complexity index is 1440. The number of benzene rings is 2. The van der Waals surface area contributed by atoms with Crippen molar-refractivity contribution < 1.29 is 13.9 Å². The van der Waals surface area contributed by atoms with E-state index in [9.17, 15) is 9.18 Å². The number of carbonyl (C=O) groups is 1.